The molecule has 0 radical (unpaired) electrons. The number of nitrogens with one attached hydrogen (secondary N) is 1. The quantitative estimate of drug-likeness (QED) is 0.381. The van der Waals surface area contributed by atoms with Crippen molar-refractivity contribution in [2.45, 2.75) is 39.5 Å². The van der Waals surface area contributed by atoms with Gasteiger partial charge >= 0.3 is 6.08 Å². The van der Waals surface area contributed by atoms with E-state index in [0.29, 0.717) is 13.2 Å². The minimum absolute atomic E-state index is 0.0472. The summed E-state index contributed by atoms with van der Waals surface area (Å²) in [6.45, 7) is 5.13. The summed E-state index contributed by atoms with van der Waals surface area (Å²) in [6.07, 6.45) is 4.61. The third-order valence-corrected chi connectivity index (χ3v) is 1.51. The van der Waals surface area contributed by atoms with Crippen LogP contribution in [0.4, 0.5) is 0 Å². The first-order valence-corrected chi connectivity index (χ1v) is 4.65. The highest BCUT2D eigenvalue weighted by Gasteiger charge is 1.95. The fourth-order valence-electron chi connectivity index (χ4n) is 0.866. The zero-order chi connectivity index (χ0) is 9.23. The molecule has 0 aliphatic carbocycles. The summed E-state index contributed by atoms with van der Waals surface area (Å²) in [7, 11) is 0. The van der Waals surface area contributed by atoms with Crippen molar-refractivity contribution < 1.29 is 9.47 Å². The Morgan fingerprint density at radius 2 is 1.83 bits per heavy atom. The van der Waals surface area contributed by atoms with Crippen LogP contribution in [0.3, 0.4) is 0 Å². The maximum absolute atomic E-state index is 7.12. The molecule has 0 fully saturated rings. The lowest BCUT2D eigenvalue weighted by Gasteiger charge is -2.05. The van der Waals surface area contributed by atoms with Crippen LogP contribution in [0.5, 0.6) is 0 Å². The van der Waals surface area contributed by atoms with Crippen molar-refractivity contribution in [3.05, 3.63) is 0 Å². The highest BCUT2D eigenvalue weighted by molar-refractivity contribution is 5.62. The number of hydrogen-bond donors (Lipinski definition) is 1. The molecule has 3 nitrogen and oxygen atoms in total. The SMILES string of the molecule is CCCCCCOC(=N)OCC. The predicted molar refractivity (Wildman–Crippen MR) is 49.4 cm³/mol. The van der Waals surface area contributed by atoms with E-state index in [1.54, 1.807) is 0 Å². The second-order valence-electron chi connectivity index (χ2n) is 2.63. The zero-order valence-electron chi connectivity index (χ0n) is 8.06. The van der Waals surface area contributed by atoms with Gasteiger partial charge in [0, 0.05) is 0 Å². The molecule has 0 unspecified atom stereocenters. The Morgan fingerprint density at radius 1 is 1.08 bits per heavy atom. The Kier molecular flexibility index (Phi) is 7.86. The van der Waals surface area contributed by atoms with Crippen molar-refractivity contribution in [1.29, 1.82) is 5.41 Å². The minimum Gasteiger partial charge on any atom is -0.451 e. The smallest absolute Gasteiger partial charge is 0.380 e. The van der Waals surface area contributed by atoms with Gasteiger partial charge in [0.2, 0.25) is 0 Å². The van der Waals surface area contributed by atoms with Gasteiger partial charge in [-0.2, -0.15) is 0 Å². The maximum atomic E-state index is 7.12. The topological polar surface area (TPSA) is 42.3 Å². The van der Waals surface area contributed by atoms with Crippen LogP contribution in [0.1, 0.15) is 39.5 Å². The number of rotatable bonds is 6. The van der Waals surface area contributed by atoms with E-state index < -0.39 is 0 Å². The van der Waals surface area contributed by atoms with Gasteiger partial charge in [0.15, 0.2) is 0 Å². The second-order valence-corrected chi connectivity index (χ2v) is 2.63. The van der Waals surface area contributed by atoms with Gasteiger partial charge in [-0.3, -0.25) is 0 Å². The van der Waals surface area contributed by atoms with Crippen LogP contribution in [0.25, 0.3) is 0 Å². The molecule has 0 atom stereocenters. The van der Waals surface area contributed by atoms with Crippen LogP contribution >= 0.6 is 0 Å². The van der Waals surface area contributed by atoms with Crippen LogP contribution in [0.2, 0.25) is 0 Å². The molecule has 12 heavy (non-hydrogen) atoms. The molecule has 0 aromatic heterocycles. The number of hydrogen-bond acceptors (Lipinski definition) is 3. The zero-order valence-corrected chi connectivity index (χ0v) is 8.06. The van der Waals surface area contributed by atoms with Crippen LogP contribution in [-0.2, 0) is 9.47 Å². The van der Waals surface area contributed by atoms with Crippen molar-refractivity contribution in [3.63, 3.8) is 0 Å². The summed E-state index contributed by atoms with van der Waals surface area (Å²) in [5.41, 5.74) is 0. The highest BCUT2D eigenvalue weighted by Crippen LogP contribution is 1.99. The Balaban J connectivity index is 3.03. The largest absolute Gasteiger partial charge is 0.451 e. The predicted octanol–water partition coefficient (Wildman–Crippen LogP) is 2.55. The number of unbranched alkanes of at least 4 members (excludes halogenated alkanes) is 3. The molecule has 0 spiro atoms. The molecular weight excluding hydrogens is 154 g/mol. The molecule has 0 heterocycles. The van der Waals surface area contributed by atoms with Crippen LogP contribution in [0, 0.1) is 5.41 Å². The molecule has 0 rings (SSSR count). The van der Waals surface area contributed by atoms with E-state index in [-0.39, 0.29) is 6.08 Å². The van der Waals surface area contributed by atoms with Crippen molar-refractivity contribution in [2.24, 2.45) is 0 Å². The number of ether oxygens (including phenoxy) is 2. The molecule has 3 heteroatoms. The van der Waals surface area contributed by atoms with Crippen LogP contribution in [0.15, 0.2) is 0 Å². The van der Waals surface area contributed by atoms with Gasteiger partial charge < -0.3 is 9.47 Å². The second kappa shape index (κ2) is 8.37. The lowest BCUT2D eigenvalue weighted by atomic mass is 10.2. The van der Waals surface area contributed by atoms with Gasteiger partial charge in [0.05, 0.1) is 13.2 Å². The Morgan fingerprint density at radius 3 is 2.42 bits per heavy atom. The van der Waals surface area contributed by atoms with E-state index in [9.17, 15) is 0 Å². The van der Waals surface area contributed by atoms with Crippen LogP contribution < -0.4 is 0 Å². The summed E-state index contributed by atoms with van der Waals surface area (Å²) < 4.78 is 9.80. The van der Waals surface area contributed by atoms with Gasteiger partial charge in [0.1, 0.15) is 0 Å². The van der Waals surface area contributed by atoms with E-state index in [0.717, 1.165) is 6.42 Å². The molecule has 0 saturated heterocycles. The van der Waals surface area contributed by atoms with Crippen molar-refractivity contribution in [1.82, 2.24) is 0 Å². The molecule has 0 saturated carbocycles. The average molecular weight is 173 g/mol. The third kappa shape index (κ3) is 7.38. The van der Waals surface area contributed by atoms with Gasteiger partial charge in [-0.25, -0.2) is 5.41 Å². The van der Waals surface area contributed by atoms with Gasteiger partial charge in [0.25, 0.3) is 0 Å². The molecule has 0 aliphatic rings. The van der Waals surface area contributed by atoms with Crippen molar-refractivity contribution >= 4 is 6.08 Å². The molecule has 1 N–H and O–H groups in total. The van der Waals surface area contributed by atoms with E-state index >= 15 is 0 Å². The highest BCUT2D eigenvalue weighted by atomic mass is 16.7. The normalized spacial score (nSPS) is 9.50. The van der Waals surface area contributed by atoms with E-state index in [1.165, 1.54) is 19.3 Å². The minimum atomic E-state index is -0.0472. The molecule has 72 valence electrons. The van der Waals surface area contributed by atoms with Crippen molar-refractivity contribution in [3.8, 4) is 0 Å². The molecule has 0 aromatic carbocycles. The third-order valence-electron chi connectivity index (χ3n) is 1.51. The molecule has 0 amide bonds. The lowest BCUT2D eigenvalue weighted by Crippen LogP contribution is -2.08. The standard InChI is InChI=1S/C9H19NO2/c1-3-5-6-7-8-12-9(10)11-4-2/h10H,3-8H2,1-2H3. The summed E-state index contributed by atoms with van der Waals surface area (Å²) in [5.74, 6) is 0. The average Bonchev–Trinajstić information content (AvgIpc) is 2.05. The fraction of sp³-hybridized carbons (Fsp3) is 0.889. The van der Waals surface area contributed by atoms with Crippen molar-refractivity contribution in [2.75, 3.05) is 13.2 Å². The molecule has 0 aromatic rings. The summed E-state index contributed by atoms with van der Waals surface area (Å²) in [4.78, 5) is 0. The molecule has 0 aliphatic heterocycles. The fourth-order valence-corrected chi connectivity index (χ4v) is 0.866. The van der Waals surface area contributed by atoms with Gasteiger partial charge in [-0.05, 0) is 13.3 Å². The first kappa shape index (κ1) is 11.3. The summed E-state index contributed by atoms with van der Waals surface area (Å²) >= 11 is 0. The van der Waals surface area contributed by atoms with E-state index in [1.807, 2.05) is 6.92 Å². The monoisotopic (exact) mass is 173 g/mol. The summed E-state index contributed by atoms with van der Waals surface area (Å²) in [5, 5.41) is 7.12. The van der Waals surface area contributed by atoms with Gasteiger partial charge in [-0.1, -0.05) is 26.2 Å². The summed E-state index contributed by atoms with van der Waals surface area (Å²) in [6, 6.07) is 0. The molecular formula is C9H19NO2. The first-order chi connectivity index (χ1) is 5.81. The lowest BCUT2D eigenvalue weighted by molar-refractivity contribution is 0.166. The first-order valence-electron chi connectivity index (χ1n) is 4.65. The Labute approximate surface area is 74.6 Å². The van der Waals surface area contributed by atoms with E-state index in [2.05, 4.69) is 6.92 Å². The maximum Gasteiger partial charge on any atom is 0.380 e. The Bertz CT molecular complexity index is 115. The molecule has 0 bridgehead atoms. The van der Waals surface area contributed by atoms with Gasteiger partial charge in [-0.15, -0.1) is 0 Å². The Hall–Kier alpha value is -0.730. The van der Waals surface area contributed by atoms with E-state index in [4.69, 9.17) is 14.9 Å². The van der Waals surface area contributed by atoms with Crippen LogP contribution in [-0.4, -0.2) is 19.3 Å².